The monoisotopic (exact) mass is 213 g/mol. The first-order chi connectivity index (χ1) is 7.20. The van der Waals surface area contributed by atoms with Gasteiger partial charge in [0.2, 0.25) is 5.75 Å². The van der Waals surface area contributed by atoms with Crippen LogP contribution in [0.25, 0.3) is 0 Å². The summed E-state index contributed by atoms with van der Waals surface area (Å²) in [5, 5.41) is 10.6. The van der Waals surface area contributed by atoms with Crippen LogP contribution in [0.5, 0.6) is 5.75 Å². The molecule has 0 heterocycles. The summed E-state index contributed by atoms with van der Waals surface area (Å²) in [6, 6.07) is 3.93. The molecule has 0 aliphatic heterocycles. The molecule has 0 aliphatic rings. The molecule has 0 fully saturated rings. The zero-order chi connectivity index (χ0) is 11.3. The molecule has 0 atom stereocenters. The lowest BCUT2D eigenvalue weighted by molar-refractivity contribution is -0.385. The Morgan fingerprint density at radius 1 is 1.53 bits per heavy atom. The van der Waals surface area contributed by atoms with E-state index in [2.05, 4.69) is 0 Å². The van der Waals surface area contributed by atoms with Crippen molar-refractivity contribution in [1.82, 2.24) is 0 Å². The summed E-state index contributed by atoms with van der Waals surface area (Å²) >= 11 is 0. The smallest absolute Gasteiger partial charge is 0.311 e. The minimum Gasteiger partial charge on any atom is -0.484 e. The highest BCUT2D eigenvalue weighted by Crippen LogP contribution is 2.29. The van der Waals surface area contributed by atoms with Gasteiger partial charge in [0.1, 0.15) is 13.3 Å². The van der Waals surface area contributed by atoms with Crippen molar-refractivity contribution in [2.75, 3.05) is 13.3 Å². The van der Waals surface area contributed by atoms with Crippen molar-refractivity contribution in [2.45, 2.75) is 0 Å². The van der Waals surface area contributed by atoms with Crippen molar-refractivity contribution < 1.29 is 18.8 Å². The van der Waals surface area contributed by atoms with Gasteiger partial charge in [0.25, 0.3) is 0 Å². The normalized spacial score (nSPS) is 9.67. The molecule has 0 spiro atoms. The second kappa shape index (κ2) is 5.04. The largest absolute Gasteiger partial charge is 0.484 e. The highest BCUT2D eigenvalue weighted by molar-refractivity contribution is 5.82. The Labute approximate surface area is 84.6 Å². The van der Waals surface area contributed by atoms with Crippen molar-refractivity contribution in [3.63, 3.8) is 0 Å². The maximum absolute atomic E-state index is 11.9. The number of hydrogen-bond acceptors (Lipinski definition) is 4. The molecule has 0 aliphatic carbocycles. The molecule has 0 bridgehead atoms. The molecular formula is C9H8FNO4. The van der Waals surface area contributed by atoms with E-state index in [0.717, 1.165) is 0 Å². The zero-order valence-electron chi connectivity index (χ0n) is 7.68. The minimum absolute atomic E-state index is 0.0395. The number of carbonyl (C=O) groups excluding carboxylic acids is 1. The quantitative estimate of drug-likeness (QED) is 0.424. The Balaban J connectivity index is 3.14. The molecule has 0 radical (unpaired) electrons. The number of alkyl halides is 1. The van der Waals surface area contributed by atoms with Crippen LogP contribution in [0.15, 0.2) is 18.2 Å². The van der Waals surface area contributed by atoms with Gasteiger partial charge in [0.05, 0.1) is 10.5 Å². The van der Waals surface area contributed by atoms with Gasteiger partial charge in [0, 0.05) is 6.07 Å². The summed E-state index contributed by atoms with van der Waals surface area (Å²) in [5.41, 5.74) is -0.300. The highest BCUT2D eigenvalue weighted by Gasteiger charge is 2.18. The van der Waals surface area contributed by atoms with E-state index in [-0.39, 0.29) is 23.6 Å². The Morgan fingerprint density at radius 3 is 2.80 bits per heavy atom. The first-order valence-corrected chi connectivity index (χ1v) is 4.12. The van der Waals surface area contributed by atoms with E-state index in [1.165, 1.54) is 18.2 Å². The van der Waals surface area contributed by atoms with Gasteiger partial charge in [-0.1, -0.05) is 6.07 Å². The van der Waals surface area contributed by atoms with Crippen molar-refractivity contribution in [3.05, 3.63) is 33.9 Å². The topological polar surface area (TPSA) is 69.4 Å². The van der Waals surface area contributed by atoms with Crippen LogP contribution in [0.3, 0.4) is 0 Å². The van der Waals surface area contributed by atoms with E-state index >= 15 is 0 Å². The summed E-state index contributed by atoms with van der Waals surface area (Å²) in [6.07, 6.45) is 0.431. The number of nitro benzene ring substituents is 1. The van der Waals surface area contributed by atoms with Gasteiger partial charge in [0.15, 0.2) is 6.29 Å². The van der Waals surface area contributed by atoms with E-state index in [1.807, 2.05) is 0 Å². The Kier molecular flexibility index (Phi) is 3.73. The van der Waals surface area contributed by atoms with Crippen LogP contribution in [0, 0.1) is 10.1 Å². The van der Waals surface area contributed by atoms with Gasteiger partial charge in [-0.15, -0.1) is 0 Å². The van der Waals surface area contributed by atoms with Crippen LogP contribution in [-0.2, 0) is 0 Å². The standard InChI is InChI=1S/C9H8FNO4/c10-4-5-15-9-7(6-12)2-1-3-8(9)11(13)14/h1-3,6H,4-5H2. The number of carbonyl (C=O) groups is 1. The third-order valence-electron chi connectivity index (χ3n) is 1.67. The fraction of sp³-hybridized carbons (Fsp3) is 0.222. The number of ether oxygens (including phenoxy) is 1. The highest BCUT2D eigenvalue weighted by atomic mass is 19.1. The molecule has 0 saturated carbocycles. The molecule has 0 amide bonds. The van der Waals surface area contributed by atoms with Gasteiger partial charge < -0.3 is 4.74 Å². The van der Waals surface area contributed by atoms with Crippen molar-refractivity contribution >= 4 is 12.0 Å². The van der Waals surface area contributed by atoms with Crippen LogP contribution >= 0.6 is 0 Å². The molecule has 15 heavy (non-hydrogen) atoms. The molecule has 80 valence electrons. The fourth-order valence-electron chi connectivity index (χ4n) is 1.08. The molecule has 0 saturated heterocycles. The lowest BCUT2D eigenvalue weighted by Gasteiger charge is -2.06. The first kappa shape index (κ1) is 11.1. The van der Waals surface area contributed by atoms with Gasteiger partial charge >= 0.3 is 5.69 Å². The Bertz CT molecular complexity index is 380. The molecule has 0 aromatic heterocycles. The van der Waals surface area contributed by atoms with E-state index in [1.54, 1.807) is 0 Å². The number of nitrogens with zero attached hydrogens (tertiary/aromatic N) is 1. The van der Waals surface area contributed by atoms with E-state index in [4.69, 9.17) is 4.74 Å². The van der Waals surface area contributed by atoms with Crippen LogP contribution in [0.4, 0.5) is 10.1 Å². The van der Waals surface area contributed by atoms with Crippen LogP contribution in [0.1, 0.15) is 10.4 Å². The number of hydrogen-bond donors (Lipinski definition) is 0. The Morgan fingerprint density at radius 2 is 2.27 bits per heavy atom. The summed E-state index contributed by atoms with van der Waals surface area (Å²) < 4.78 is 16.7. The lowest BCUT2D eigenvalue weighted by Crippen LogP contribution is -2.04. The molecule has 5 nitrogen and oxygen atoms in total. The van der Waals surface area contributed by atoms with Gasteiger partial charge in [-0.2, -0.15) is 0 Å². The molecule has 0 N–H and O–H groups in total. The van der Waals surface area contributed by atoms with E-state index < -0.39 is 11.6 Å². The molecule has 1 aromatic rings. The third kappa shape index (κ3) is 2.49. The lowest BCUT2D eigenvalue weighted by atomic mass is 10.2. The van der Waals surface area contributed by atoms with Gasteiger partial charge in [-0.3, -0.25) is 14.9 Å². The zero-order valence-corrected chi connectivity index (χ0v) is 7.68. The number of nitro groups is 1. The fourth-order valence-corrected chi connectivity index (χ4v) is 1.08. The van der Waals surface area contributed by atoms with Crippen LogP contribution in [0.2, 0.25) is 0 Å². The number of aldehydes is 1. The van der Waals surface area contributed by atoms with Crippen molar-refractivity contribution in [1.29, 1.82) is 0 Å². The van der Waals surface area contributed by atoms with Crippen molar-refractivity contribution in [3.8, 4) is 5.75 Å². The molecule has 6 heteroatoms. The molecule has 1 aromatic carbocycles. The van der Waals surface area contributed by atoms with Crippen LogP contribution < -0.4 is 4.74 Å². The number of benzene rings is 1. The number of rotatable bonds is 5. The molecule has 0 unspecified atom stereocenters. The molecule has 1 rings (SSSR count). The summed E-state index contributed by atoms with van der Waals surface area (Å²) in [7, 11) is 0. The maximum Gasteiger partial charge on any atom is 0.311 e. The van der Waals surface area contributed by atoms with Crippen LogP contribution in [-0.4, -0.2) is 24.5 Å². The maximum atomic E-state index is 11.9. The average molecular weight is 213 g/mol. The van der Waals surface area contributed by atoms with E-state index in [9.17, 15) is 19.3 Å². The predicted octanol–water partition coefficient (Wildman–Crippen LogP) is 1.76. The summed E-state index contributed by atoms with van der Waals surface area (Å²) in [5.74, 6) is -0.185. The Hall–Kier alpha value is -1.98. The third-order valence-corrected chi connectivity index (χ3v) is 1.67. The number of halogens is 1. The minimum atomic E-state index is -0.773. The second-order valence-corrected chi connectivity index (χ2v) is 2.61. The van der Waals surface area contributed by atoms with Gasteiger partial charge in [-0.05, 0) is 6.07 Å². The summed E-state index contributed by atoms with van der Waals surface area (Å²) in [4.78, 5) is 20.5. The van der Waals surface area contributed by atoms with Gasteiger partial charge in [-0.25, -0.2) is 4.39 Å². The van der Waals surface area contributed by atoms with E-state index in [0.29, 0.717) is 6.29 Å². The number of para-hydroxylation sites is 1. The predicted molar refractivity (Wildman–Crippen MR) is 50.0 cm³/mol. The second-order valence-electron chi connectivity index (χ2n) is 2.61. The molecular weight excluding hydrogens is 205 g/mol. The van der Waals surface area contributed by atoms with Crippen molar-refractivity contribution in [2.24, 2.45) is 0 Å². The SMILES string of the molecule is O=Cc1cccc([N+](=O)[O-])c1OCCF. The average Bonchev–Trinajstić information content (AvgIpc) is 2.25. The first-order valence-electron chi connectivity index (χ1n) is 4.12. The summed E-state index contributed by atoms with van der Waals surface area (Å²) in [6.45, 7) is -1.09.